The second-order valence-corrected chi connectivity index (χ2v) is 4.75. The van der Waals surface area contributed by atoms with Gasteiger partial charge in [-0.05, 0) is 24.6 Å². The van der Waals surface area contributed by atoms with Gasteiger partial charge in [-0.25, -0.2) is 0 Å². The van der Waals surface area contributed by atoms with Gasteiger partial charge in [0.15, 0.2) is 0 Å². The van der Waals surface area contributed by atoms with E-state index in [1.165, 1.54) is 12.1 Å². The van der Waals surface area contributed by atoms with Crippen LogP contribution >= 0.6 is 0 Å². The van der Waals surface area contributed by atoms with Gasteiger partial charge in [-0.15, -0.1) is 0 Å². The molecule has 6 nitrogen and oxygen atoms in total. The van der Waals surface area contributed by atoms with E-state index < -0.39 is 11.8 Å². The van der Waals surface area contributed by atoms with Crippen LogP contribution in [-0.2, 0) is 4.79 Å². The summed E-state index contributed by atoms with van der Waals surface area (Å²) in [5.74, 6) is -1.26. The van der Waals surface area contributed by atoms with E-state index in [2.05, 4.69) is 10.6 Å². The topological polar surface area (TPSA) is 101 Å². The van der Waals surface area contributed by atoms with Crippen LogP contribution in [0.4, 0.5) is 5.69 Å². The Hall–Kier alpha value is -2.21. The zero-order chi connectivity index (χ0) is 14.7. The predicted octanol–water partition coefficient (Wildman–Crippen LogP) is 0.884. The van der Waals surface area contributed by atoms with E-state index in [9.17, 15) is 14.4 Å². The molecule has 1 aromatic carbocycles. The molecule has 0 radical (unpaired) electrons. The summed E-state index contributed by atoms with van der Waals surface area (Å²) in [6.07, 6.45) is 1.59. The van der Waals surface area contributed by atoms with Crippen molar-refractivity contribution in [3.8, 4) is 0 Å². The van der Waals surface area contributed by atoms with Gasteiger partial charge >= 0.3 is 0 Å². The lowest BCUT2D eigenvalue weighted by Crippen LogP contribution is -2.29. The second-order valence-electron chi connectivity index (χ2n) is 4.75. The first-order chi connectivity index (χ1) is 9.56. The van der Waals surface area contributed by atoms with E-state index in [0.717, 1.165) is 6.42 Å². The smallest absolute Gasteiger partial charge is 0.259 e. The van der Waals surface area contributed by atoms with Gasteiger partial charge in [0, 0.05) is 12.2 Å². The largest absolute Gasteiger partial charge is 0.330 e. The van der Waals surface area contributed by atoms with Crippen molar-refractivity contribution in [2.24, 2.45) is 11.7 Å². The van der Waals surface area contributed by atoms with Crippen LogP contribution in [0, 0.1) is 5.92 Å². The van der Waals surface area contributed by atoms with Crippen molar-refractivity contribution in [2.45, 2.75) is 19.8 Å². The number of carbonyl (C=O) groups excluding carboxylic acids is 3. The van der Waals surface area contributed by atoms with E-state index in [1.807, 2.05) is 6.92 Å². The third kappa shape index (κ3) is 2.70. The van der Waals surface area contributed by atoms with Gasteiger partial charge in [0.2, 0.25) is 5.91 Å². The third-order valence-electron chi connectivity index (χ3n) is 3.30. The number of nitrogens with one attached hydrogen (secondary N) is 2. The molecule has 20 heavy (non-hydrogen) atoms. The molecule has 2 rings (SSSR count). The molecule has 0 saturated carbocycles. The Kier molecular flexibility index (Phi) is 4.14. The zero-order valence-corrected chi connectivity index (χ0v) is 11.2. The van der Waals surface area contributed by atoms with Crippen molar-refractivity contribution in [3.63, 3.8) is 0 Å². The first-order valence-electron chi connectivity index (χ1n) is 6.57. The maximum absolute atomic E-state index is 12.0. The van der Waals surface area contributed by atoms with Gasteiger partial charge in [-0.1, -0.05) is 13.3 Å². The molecule has 4 N–H and O–H groups in total. The monoisotopic (exact) mass is 275 g/mol. The summed E-state index contributed by atoms with van der Waals surface area (Å²) in [4.78, 5) is 35.0. The SMILES string of the molecule is CCCC(CN)C(=O)Nc1ccc2c(c1)C(=O)NC2=O. The van der Waals surface area contributed by atoms with Gasteiger partial charge in [0.05, 0.1) is 17.0 Å². The lowest BCUT2D eigenvalue weighted by Gasteiger charge is -2.14. The molecule has 6 heteroatoms. The molecule has 0 bridgehead atoms. The summed E-state index contributed by atoms with van der Waals surface area (Å²) in [7, 11) is 0. The molecular weight excluding hydrogens is 258 g/mol. The molecule has 0 aromatic heterocycles. The molecule has 1 aliphatic heterocycles. The summed E-state index contributed by atoms with van der Waals surface area (Å²) in [5.41, 5.74) is 6.68. The van der Waals surface area contributed by atoms with Gasteiger partial charge in [0.25, 0.3) is 11.8 Å². The van der Waals surface area contributed by atoms with Crippen LogP contribution in [0.5, 0.6) is 0 Å². The Morgan fingerprint density at radius 3 is 2.65 bits per heavy atom. The number of hydrogen-bond donors (Lipinski definition) is 3. The van der Waals surface area contributed by atoms with Crippen LogP contribution in [0.15, 0.2) is 18.2 Å². The van der Waals surface area contributed by atoms with Crippen molar-refractivity contribution >= 4 is 23.4 Å². The number of benzene rings is 1. The van der Waals surface area contributed by atoms with Crippen LogP contribution in [0.1, 0.15) is 40.5 Å². The van der Waals surface area contributed by atoms with Crippen molar-refractivity contribution in [2.75, 3.05) is 11.9 Å². The van der Waals surface area contributed by atoms with Crippen molar-refractivity contribution in [1.29, 1.82) is 0 Å². The fourth-order valence-corrected chi connectivity index (χ4v) is 2.19. The number of hydrogen-bond acceptors (Lipinski definition) is 4. The Morgan fingerprint density at radius 2 is 2.00 bits per heavy atom. The molecule has 106 valence electrons. The minimum Gasteiger partial charge on any atom is -0.330 e. The molecule has 0 aliphatic carbocycles. The van der Waals surface area contributed by atoms with Gasteiger partial charge < -0.3 is 11.1 Å². The van der Waals surface area contributed by atoms with E-state index in [-0.39, 0.29) is 23.9 Å². The zero-order valence-electron chi connectivity index (χ0n) is 11.2. The fourth-order valence-electron chi connectivity index (χ4n) is 2.19. The maximum Gasteiger partial charge on any atom is 0.259 e. The molecular formula is C14H17N3O3. The number of carbonyl (C=O) groups is 3. The Bertz CT molecular complexity index is 569. The first kappa shape index (κ1) is 14.2. The lowest BCUT2D eigenvalue weighted by molar-refractivity contribution is -0.119. The summed E-state index contributed by atoms with van der Waals surface area (Å²) >= 11 is 0. The van der Waals surface area contributed by atoms with E-state index >= 15 is 0 Å². The normalized spacial score (nSPS) is 14.7. The van der Waals surface area contributed by atoms with Crippen LogP contribution in [-0.4, -0.2) is 24.3 Å². The minimum absolute atomic E-state index is 0.168. The Morgan fingerprint density at radius 1 is 1.30 bits per heavy atom. The summed E-state index contributed by atoms with van der Waals surface area (Å²) in [5, 5.41) is 4.94. The Balaban J connectivity index is 2.15. The second kappa shape index (κ2) is 5.83. The minimum atomic E-state index is -0.440. The highest BCUT2D eigenvalue weighted by Crippen LogP contribution is 2.21. The Labute approximate surface area is 116 Å². The van der Waals surface area contributed by atoms with Crippen molar-refractivity contribution in [3.05, 3.63) is 29.3 Å². The molecule has 1 unspecified atom stereocenters. The van der Waals surface area contributed by atoms with Crippen LogP contribution < -0.4 is 16.4 Å². The number of imide groups is 1. The van der Waals surface area contributed by atoms with Crippen molar-refractivity contribution in [1.82, 2.24) is 5.32 Å². The summed E-state index contributed by atoms with van der Waals surface area (Å²) < 4.78 is 0. The highest BCUT2D eigenvalue weighted by atomic mass is 16.2. The van der Waals surface area contributed by atoms with E-state index in [4.69, 9.17) is 5.73 Å². The highest BCUT2D eigenvalue weighted by molar-refractivity contribution is 6.22. The third-order valence-corrected chi connectivity index (χ3v) is 3.30. The standard InChI is InChI=1S/C14H17N3O3/c1-2-3-8(7-15)12(18)16-9-4-5-10-11(6-9)14(20)17-13(10)19/h4-6,8H,2-3,7,15H2,1H3,(H,16,18)(H,17,19,20). The quantitative estimate of drug-likeness (QED) is 0.694. The molecule has 1 aliphatic rings. The van der Waals surface area contributed by atoms with Gasteiger partial charge in [-0.2, -0.15) is 0 Å². The number of amides is 3. The molecule has 1 heterocycles. The maximum atomic E-state index is 12.0. The first-order valence-corrected chi connectivity index (χ1v) is 6.57. The number of anilines is 1. The summed E-state index contributed by atoms with van der Waals surface area (Å²) in [6, 6.07) is 4.64. The van der Waals surface area contributed by atoms with Crippen LogP contribution in [0.25, 0.3) is 0 Å². The average Bonchev–Trinajstić information content (AvgIpc) is 2.71. The lowest BCUT2D eigenvalue weighted by atomic mass is 10.0. The number of rotatable bonds is 5. The molecule has 1 atom stereocenters. The average molecular weight is 275 g/mol. The number of fused-ring (bicyclic) bond motifs is 1. The summed E-state index contributed by atoms with van der Waals surface area (Å²) in [6.45, 7) is 2.27. The van der Waals surface area contributed by atoms with Gasteiger partial charge in [-0.3, -0.25) is 19.7 Å². The highest BCUT2D eigenvalue weighted by Gasteiger charge is 2.27. The fraction of sp³-hybridized carbons (Fsp3) is 0.357. The van der Waals surface area contributed by atoms with Crippen molar-refractivity contribution < 1.29 is 14.4 Å². The molecule has 3 amide bonds. The predicted molar refractivity (Wildman–Crippen MR) is 74.3 cm³/mol. The molecule has 1 aromatic rings. The molecule has 0 fully saturated rings. The molecule has 0 saturated heterocycles. The molecule has 0 spiro atoms. The van der Waals surface area contributed by atoms with E-state index in [1.54, 1.807) is 6.07 Å². The van der Waals surface area contributed by atoms with E-state index in [0.29, 0.717) is 17.7 Å². The van der Waals surface area contributed by atoms with Crippen LogP contribution in [0.2, 0.25) is 0 Å². The number of nitrogens with two attached hydrogens (primary N) is 1. The van der Waals surface area contributed by atoms with Gasteiger partial charge in [0.1, 0.15) is 0 Å². The van der Waals surface area contributed by atoms with Crippen LogP contribution in [0.3, 0.4) is 0 Å².